The second-order valence-electron chi connectivity index (χ2n) is 9.29. The third kappa shape index (κ3) is 4.80. The van der Waals surface area contributed by atoms with Crippen LogP contribution in [0.1, 0.15) is 57.0 Å². The minimum Gasteiger partial charge on any atom is -0.480 e. The molecule has 0 amide bonds. The molecular weight excluding hydrogens is 508 g/mol. The fourth-order valence-electron chi connectivity index (χ4n) is 4.17. The molecule has 0 atom stereocenters. The number of hydrogen-bond donors (Lipinski definition) is 1. The lowest BCUT2D eigenvalue weighted by atomic mass is 10.1. The Labute approximate surface area is 219 Å². The van der Waals surface area contributed by atoms with Gasteiger partial charge in [-0.15, -0.1) is 0 Å². The van der Waals surface area contributed by atoms with Crippen molar-refractivity contribution in [3.8, 4) is 17.3 Å². The van der Waals surface area contributed by atoms with Crippen molar-refractivity contribution in [1.82, 2.24) is 34.5 Å². The summed E-state index contributed by atoms with van der Waals surface area (Å²) in [6, 6.07) is 2.90. The van der Waals surface area contributed by atoms with E-state index in [2.05, 4.69) is 30.2 Å². The van der Waals surface area contributed by atoms with Gasteiger partial charge in [0.05, 0.1) is 41.9 Å². The summed E-state index contributed by atoms with van der Waals surface area (Å²) in [6.45, 7) is 5.55. The van der Waals surface area contributed by atoms with Crippen LogP contribution >= 0.6 is 0 Å². The van der Waals surface area contributed by atoms with E-state index >= 15 is 0 Å². The first kappa shape index (κ1) is 25.6. The number of rotatable bonds is 9. The summed E-state index contributed by atoms with van der Waals surface area (Å²) in [5, 5.41) is 3.03. The molecule has 0 aliphatic heterocycles. The number of aromatic nitrogens is 7. The second kappa shape index (κ2) is 10.0. The van der Waals surface area contributed by atoms with Gasteiger partial charge in [-0.05, 0) is 38.8 Å². The average Bonchev–Trinajstić information content (AvgIpc) is 3.77. The standard InChI is InChI=1S/C25H28N8O4S/c1-5-38(35,36)17-9-8-16(26-11-17)10-27-22-25(34)33(14(2)3)23-18(31-22)12-28-21(32-23)19-20(15-6-7-15)29-13-30-24(19)37-4/h8-9,11-15H,5-7,10H2,1-4H3,(H,27,31). The highest BCUT2D eigenvalue weighted by molar-refractivity contribution is 7.91. The van der Waals surface area contributed by atoms with E-state index in [0.717, 1.165) is 18.5 Å². The highest BCUT2D eigenvalue weighted by Crippen LogP contribution is 2.44. The van der Waals surface area contributed by atoms with Crippen LogP contribution in [0.15, 0.2) is 40.5 Å². The molecule has 1 fully saturated rings. The molecule has 0 aromatic carbocycles. The Hall–Kier alpha value is -4.00. The minimum atomic E-state index is -3.34. The number of sulfone groups is 1. The molecule has 0 saturated heterocycles. The Morgan fingerprint density at radius 2 is 1.89 bits per heavy atom. The first-order valence-corrected chi connectivity index (χ1v) is 14.0. The summed E-state index contributed by atoms with van der Waals surface area (Å²) in [6.07, 6.45) is 6.43. The maximum Gasteiger partial charge on any atom is 0.295 e. The lowest BCUT2D eigenvalue weighted by molar-refractivity contribution is 0.397. The number of nitrogens with zero attached hydrogens (tertiary/aromatic N) is 7. The molecule has 38 heavy (non-hydrogen) atoms. The van der Waals surface area contributed by atoms with Gasteiger partial charge in [-0.25, -0.2) is 33.3 Å². The molecule has 1 N–H and O–H groups in total. The molecule has 1 saturated carbocycles. The van der Waals surface area contributed by atoms with Gasteiger partial charge >= 0.3 is 0 Å². The fourth-order valence-corrected chi connectivity index (χ4v) is 4.99. The highest BCUT2D eigenvalue weighted by Gasteiger charge is 2.31. The van der Waals surface area contributed by atoms with E-state index in [1.807, 2.05) is 13.8 Å². The van der Waals surface area contributed by atoms with Crippen molar-refractivity contribution >= 4 is 26.8 Å². The average molecular weight is 537 g/mol. The maximum atomic E-state index is 13.5. The molecule has 0 radical (unpaired) electrons. The van der Waals surface area contributed by atoms with Crippen molar-refractivity contribution in [1.29, 1.82) is 0 Å². The summed E-state index contributed by atoms with van der Waals surface area (Å²) in [7, 11) is -1.80. The lowest BCUT2D eigenvalue weighted by Crippen LogP contribution is -2.27. The van der Waals surface area contributed by atoms with E-state index in [1.54, 1.807) is 23.8 Å². The molecular formula is C25H28N8O4S. The van der Waals surface area contributed by atoms with Crippen molar-refractivity contribution < 1.29 is 13.2 Å². The SMILES string of the molecule is CCS(=O)(=O)c1ccc(CNc2nc3cnc(-c4c(OC)ncnc4C4CC4)nc3n(C(C)C)c2=O)nc1. The van der Waals surface area contributed by atoms with Crippen LogP contribution < -0.4 is 15.6 Å². The number of anilines is 1. The third-order valence-corrected chi connectivity index (χ3v) is 8.06. The predicted molar refractivity (Wildman–Crippen MR) is 141 cm³/mol. The van der Waals surface area contributed by atoms with E-state index in [-0.39, 0.29) is 34.6 Å². The van der Waals surface area contributed by atoms with Gasteiger partial charge in [0.15, 0.2) is 27.1 Å². The predicted octanol–water partition coefficient (Wildman–Crippen LogP) is 2.91. The molecule has 4 heterocycles. The smallest absolute Gasteiger partial charge is 0.295 e. The Morgan fingerprint density at radius 1 is 1.11 bits per heavy atom. The van der Waals surface area contributed by atoms with Gasteiger partial charge < -0.3 is 10.1 Å². The molecule has 12 nitrogen and oxygen atoms in total. The van der Waals surface area contributed by atoms with E-state index in [4.69, 9.17) is 9.72 Å². The summed E-state index contributed by atoms with van der Waals surface area (Å²) >= 11 is 0. The van der Waals surface area contributed by atoms with E-state index in [1.165, 1.54) is 25.7 Å². The molecule has 5 rings (SSSR count). The van der Waals surface area contributed by atoms with E-state index in [9.17, 15) is 13.2 Å². The zero-order valence-corrected chi connectivity index (χ0v) is 22.4. The molecule has 4 aromatic rings. The third-order valence-electron chi connectivity index (χ3n) is 6.34. The molecule has 0 bridgehead atoms. The number of methoxy groups -OCH3 is 1. The van der Waals surface area contributed by atoms with Gasteiger partial charge in [0, 0.05) is 18.2 Å². The van der Waals surface area contributed by atoms with Gasteiger partial charge in [0.1, 0.15) is 17.4 Å². The molecule has 4 aromatic heterocycles. The molecule has 0 spiro atoms. The first-order valence-electron chi connectivity index (χ1n) is 12.3. The molecule has 0 unspecified atom stereocenters. The number of ether oxygens (including phenoxy) is 1. The molecule has 1 aliphatic carbocycles. The monoisotopic (exact) mass is 536 g/mol. The maximum absolute atomic E-state index is 13.5. The summed E-state index contributed by atoms with van der Waals surface area (Å²) < 4.78 is 31.1. The van der Waals surface area contributed by atoms with Crippen LogP contribution in [-0.2, 0) is 16.4 Å². The number of hydrogen-bond acceptors (Lipinski definition) is 11. The lowest BCUT2D eigenvalue weighted by Gasteiger charge is -2.16. The second-order valence-corrected chi connectivity index (χ2v) is 11.6. The van der Waals surface area contributed by atoms with Crippen LogP contribution in [0.4, 0.5) is 5.82 Å². The number of nitrogens with one attached hydrogen (secondary N) is 1. The summed E-state index contributed by atoms with van der Waals surface area (Å²) in [5.74, 6) is 1.19. The van der Waals surface area contributed by atoms with Crippen LogP contribution in [-0.4, -0.2) is 55.8 Å². The summed E-state index contributed by atoms with van der Waals surface area (Å²) in [4.78, 5) is 40.3. The molecule has 198 valence electrons. The highest BCUT2D eigenvalue weighted by atomic mass is 32.2. The molecule has 13 heteroatoms. The number of fused-ring (bicyclic) bond motifs is 1. The Bertz CT molecular complexity index is 1670. The van der Waals surface area contributed by atoms with Crippen molar-refractivity contribution in [2.45, 2.75) is 57.0 Å². The van der Waals surface area contributed by atoms with Crippen LogP contribution in [0.5, 0.6) is 5.88 Å². The Morgan fingerprint density at radius 3 is 2.53 bits per heavy atom. The zero-order valence-electron chi connectivity index (χ0n) is 21.5. The topological polar surface area (TPSA) is 155 Å². The van der Waals surface area contributed by atoms with E-state index in [0.29, 0.717) is 40.0 Å². The summed E-state index contributed by atoms with van der Waals surface area (Å²) in [5.41, 5.74) is 2.51. The largest absolute Gasteiger partial charge is 0.480 e. The van der Waals surface area contributed by atoms with Crippen LogP contribution in [0.3, 0.4) is 0 Å². The zero-order chi connectivity index (χ0) is 27.0. The fraction of sp³-hybridized carbons (Fsp3) is 0.400. The molecule has 1 aliphatic rings. The van der Waals surface area contributed by atoms with Gasteiger partial charge in [-0.2, -0.15) is 0 Å². The Kier molecular flexibility index (Phi) is 6.78. The minimum absolute atomic E-state index is 0.00220. The number of pyridine rings is 1. The van der Waals surface area contributed by atoms with Crippen LogP contribution in [0, 0.1) is 0 Å². The van der Waals surface area contributed by atoms with E-state index < -0.39 is 9.84 Å². The van der Waals surface area contributed by atoms with Crippen molar-refractivity contribution in [3.63, 3.8) is 0 Å². The van der Waals surface area contributed by atoms with Crippen molar-refractivity contribution in [2.75, 3.05) is 18.2 Å². The van der Waals surface area contributed by atoms with Crippen molar-refractivity contribution in [3.05, 3.63) is 52.6 Å². The normalized spacial score (nSPS) is 13.7. The van der Waals surface area contributed by atoms with Crippen LogP contribution in [0.25, 0.3) is 22.6 Å². The first-order chi connectivity index (χ1) is 18.2. The van der Waals surface area contributed by atoms with Crippen molar-refractivity contribution in [2.24, 2.45) is 0 Å². The van der Waals surface area contributed by atoms with Crippen LogP contribution in [0.2, 0.25) is 0 Å². The van der Waals surface area contributed by atoms with Gasteiger partial charge in [0.25, 0.3) is 5.56 Å². The van der Waals surface area contributed by atoms with Gasteiger partial charge in [-0.3, -0.25) is 14.3 Å². The van der Waals surface area contributed by atoms with Gasteiger partial charge in [-0.1, -0.05) is 6.92 Å². The van der Waals surface area contributed by atoms with Gasteiger partial charge in [0.2, 0.25) is 5.88 Å². The quantitative estimate of drug-likeness (QED) is 0.336. The Balaban J connectivity index is 1.52.